The predicted molar refractivity (Wildman–Crippen MR) is 57.0 cm³/mol. The van der Waals surface area contributed by atoms with Crippen LogP contribution in [0.2, 0.25) is 0 Å². The van der Waals surface area contributed by atoms with Crippen LogP contribution in [0.1, 0.15) is 23.2 Å². The van der Waals surface area contributed by atoms with E-state index in [2.05, 4.69) is 9.34 Å². The van der Waals surface area contributed by atoms with Crippen LogP contribution in [0.15, 0.2) is 10.6 Å². The van der Waals surface area contributed by atoms with Gasteiger partial charge in [-0.15, -0.1) is 0 Å². The van der Waals surface area contributed by atoms with Crippen LogP contribution >= 0.6 is 0 Å². The molecule has 7 nitrogen and oxygen atoms in total. The molecule has 0 aliphatic heterocycles. The molecule has 96 valence electrons. The number of rotatable bonds is 6. The molecule has 0 spiro atoms. The number of hydrogen-bond acceptors (Lipinski definition) is 7. The van der Waals surface area contributed by atoms with Gasteiger partial charge in [-0.2, -0.15) is 8.42 Å². The summed E-state index contributed by atoms with van der Waals surface area (Å²) >= 11 is 0. The van der Waals surface area contributed by atoms with Gasteiger partial charge in [-0.25, -0.2) is 4.79 Å². The molecule has 0 aromatic carbocycles. The molecule has 0 saturated heterocycles. The minimum atomic E-state index is -3.47. The standard InChI is InChI=1S/C9H13NO6S/c1-3-14-9(11)8-6-7(16-10-8)4-5-15-17(2,12)13/h6H,3-5H2,1-2H3. The molecule has 0 aliphatic carbocycles. The average Bonchev–Trinajstić information content (AvgIpc) is 2.65. The first kappa shape index (κ1) is 13.7. The van der Waals surface area contributed by atoms with Crippen LogP contribution in [0.5, 0.6) is 0 Å². The van der Waals surface area contributed by atoms with Gasteiger partial charge in [0.25, 0.3) is 10.1 Å². The molecule has 1 aromatic heterocycles. The fourth-order valence-electron chi connectivity index (χ4n) is 1.03. The van der Waals surface area contributed by atoms with Crippen molar-refractivity contribution in [2.24, 2.45) is 0 Å². The third kappa shape index (κ3) is 4.96. The summed E-state index contributed by atoms with van der Waals surface area (Å²) < 4.78 is 35.4. The molecule has 0 N–H and O–H groups in total. The Morgan fingerprint density at radius 2 is 2.24 bits per heavy atom. The summed E-state index contributed by atoms with van der Waals surface area (Å²) in [5.41, 5.74) is 0.0567. The number of carbonyl (C=O) groups is 1. The maximum Gasteiger partial charge on any atom is 0.360 e. The molecule has 17 heavy (non-hydrogen) atoms. The minimum absolute atomic E-state index is 0.0567. The van der Waals surface area contributed by atoms with E-state index in [0.717, 1.165) is 6.26 Å². The monoisotopic (exact) mass is 263 g/mol. The van der Waals surface area contributed by atoms with Gasteiger partial charge < -0.3 is 9.26 Å². The smallest absolute Gasteiger partial charge is 0.360 e. The van der Waals surface area contributed by atoms with Crippen molar-refractivity contribution >= 4 is 16.1 Å². The van der Waals surface area contributed by atoms with E-state index in [1.165, 1.54) is 6.07 Å². The summed E-state index contributed by atoms with van der Waals surface area (Å²) in [7, 11) is -3.47. The Morgan fingerprint density at radius 1 is 1.53 bits per heavy atom. The molecule has 1 heterocycles. The highest BCUT2D eigenvalue weighted by atomic mass is 32.2. The highest BCUT2D eigenvalue weighted by molar-refractivity contribution is 7.85. The summed E-state index contributed by atoms with van der Waals surface area (Å²) in [6.07, 6.45) is 1.16. The van der Waals surface area contributed by atoms with Crippen LogP contribution in [-0.4, -0.2) is 39.0 Å². The molecule has 0 saturated carbocycles. The number of esters is 1. The number of hydrogen-bond donors (Lipinski definition) is 0. The SMILES string of the molecule is CCOC(=O)c1cc(CCOS(C)(=O)=O)on1. The Labute approximate surface area is 98.8 Å². The van der Waals surface area contributed by atoms with Crippen LogP contribution < -0.4 is 0 Å². The first-order valence-electron chi connectivity index (χ1n) is 4.89. The molecule has 1 aromatic rings. The van der Waals surface area contributed by atoms with Gasteiger partial charge in [-0.3, -0.25) is 4.18 Å². The second-order valence-electron chi connectivity index (χ2n) is 3.18. The fraction of sp³-hybridized carbons (Fsp3) is 0.556. The topological polar surface area (TPSA) is 95.7 Å². The Morgan fingerprint density at radius 3 is 2.82 bits per heavy atom. The van der Waals surface area contributed by atoms with Crippen LogP contribution in [0.3, 0.4) is 0 Å². The molecular formula is C9H13NO6S. The highest BCUT2D eigenvalue weighted by Gasteiger charge is 2.13. The summed E-state index contributed by atoms with van der Waals surface area (Å²) in [5.74, 6) is -0.219. The van der Waals surface area contributed by atoms with Crippen LogP contribution in [0.4, 0.5) is 0 Å². The van der Waals surface area contributed by atoms with Crippen LogP contribution in [-0.2, 0) is 25.5 Å². The van der Waals surface area contributed by atoms with Gasteiger partial charge in [0, 0.05) is 12.5 Å². The Balaban J connectivity index is 2.49. The zero-order valence-electron chi connectivity index (χ0n) is 9.50. The lowest BCUT2D eigenvalue weighted by Crippen LogP contribution is -2.06. The molecular weight excluding hydrogens is 250 g/mol. The zero-order valence-corrected chi connectivity index (χ0v) is 10.3. The lowest BCUT2D eigenvalue weighted by atomic mass is 10.3. The first-order chi connectivity index (χ1) is 7.92. The Bertz CT molecular complexity index is 477. The number of carbonyl (C=O) groups excluding carboxylic acids is 1. The molecule has 8 heteroatoms. The van der Waals surface area contributed by atoms with Crippen molar-refractivity contribution in [3.63, 3.8) is 0 Å². The fourth-order valence-corrected chi connectivity index (χ4v) is 1.41. The Hall–Kier alpha value is -1.41. The lowest BCUT2D eigenvalue weighted by Gasteiger charge is -1.97. The van der Waals surface area contributed by atoms with Gasteiger partial charge in [-0.05, 0) is 6.92 Å². The third-order valence-corrected chi connectivity index (χ3v) is 2.28. The molecule has 0 fully saturated rings. The second-order valence-corrected chi connectivity index (χ2v) is 4.82. The van der Waals surface area contributed by atoms with E-state index in [-0.39, 0.29) is 25.3 Å². The highest BCUT2D eigenvalue weighted by Crippen LogP contribution is 2.06. The summed E-state index contributed by atoms with van der Waals surface area (Å²) in [6, 6.07) is 1.39. The molecule has 1 rings (SSSR count). The maximum absolute atomic E-state index is 11.2. The van der Waals surface area contributed by atoms with Crippen molar-refractivity contribution in [3.05, 3.63) is 17.5 Å². The van der Waals surface area contributed by atoms with E-state index < -0.39 is 16.1 Å². The van der Waals surface area contributed by atoms with Crippen molar-refractivity contribution in [3.8, 4) is 0 Å². The quantitative estimate of drug-likeness (QED) is 0.540. The molecule has 0 radical (unpaired) electrons. The van der Waals surface area contributed by atoms with Crippen molar-refractivity contribution in [1.29, 1.82) is 0 Å². The molecule has 0 amide bonds. The van der Waals surface area contributed by atoms with E-state index in [1.54, 1.807) is 6.92 Å². The van der Waals surface area contributed by atoms with E-state index in [4.69, 9.17) is 9.26 Å². The normalized spacial score (nSPS) is 11.4. The van der Waals surface area contributed by atoms with E-state index in [9.17, 15) is 13.2 Å². The largest absolute Gasteiger partial charge is 0.461 e. The summed E-state index contributed by atoms with van der Waals surface area (Å²) in [5, 5.41) is 3.50. The molecule has 0 unspecified atom stereocenters. The predicted octanol–water partition coefficient (Wildman–Crippen LogP) is 0.370. The summed E-state index contributed by atoms with van der Waals surface area (Å²) in [4.78, 5) is 11.2. The van der Waals surface area contributed by atoms with Crippen molar-refractivity contribution in [2.75, 3.05) is 19.5 Å². The number of aromatic nitrogens is 1. The van der Waals surface area contributed by atoms with Gasteiger partial charge in [0.2, 0.25) is 0 Å². The van der Waals surface area contributed by atoms with Gasteiger partial charge in [0.05, 0.1) is 19.5 Å². The van der Waals surface area contributed by atoms with E-state index in [1.807, 2.05) is 0 Å². The second kappa shape index (κ2) is 5.78. The minimum Gasteiger partial charge on any atom is -0.461 e. The van der Waals surface area contributed by atoms with Gasteiger partial charge in [0.15, 0.2) is 5.69 Å². The zero-order chi connectivity index (χ0) is 12.9. The molecule has 0 atom stereocenters. The molecule has 0 aliphatic rings. The lowest BCUT2D eigenvalue weighted by molar-refractivity contribution is 0.0514. The number of nitrogens with zero attached hydrogens (tertiary/aromatic N) is 1. The van der Waals surface area contributed by atoms with Crippen LogP contribution in [0, 0.1) is 0 Å². The Kier molecular flexibility index (Phi) is 4.64. The third-order valence-electron chi connectivity index (χ3n) is 1.69. The molecule has 0 bridgehead atoms. The van der Waals surface area contributed by atoms with Crippen molar-refractivity contribution in [1.82, 2.24) is 5.16 Å². The van der Waals surface area contributed by atoms with Crippen molar-refractivity contribution in [2.45, 2.75) is 13.3 Å². The summed E-state index contributed by atoms with van der Waals surface area (Å²) in [6.45, 7) is 1.87. The number of ether oxygens (including phenoxy) is 1. The van der Waals surface area contributed by atoms with Crippen LogP contribution in [0.25, 0.3) is 0 Å². The van der Waals surface area contributed by atoms with Crippen molar-refractivity contribution < 1.29 is 26.7 Å². The van der Waals surface area contributed by atoms with Gasteiger partial charge in [-0.1, -0.05) is 5.16 Å². The first-order valence-corrected chi connectivity index (χ1v) is 6.71. The average molecular weight is 263 g/mol. The van der Waals surface area contributed by atoms with E-state index in [0.29, 0.717) is 5.76 Å². The maximum atomic E-state index is 11.2. The van der Waals surface area contributed by atoms with Gasteiger partial charge >= 0.3 is 5.97 Å². The van der Waals surface area contributed by atoms with Gasteiger partial charge in [0.1, 0.15) is 5.76 Å². The van der Waals surface area contributed by atoms with E-state index >= 15 is 0 Å².